The van der Waals surface area contributed by atoms with E-state index in [1.807, 2.05) is 0 Å². The second kappa shape index (κ2) is 6.42. The maximum Gasteiger partial charge on any atom is 0.437 e. The highest BCUT2D eigenvalue weighted by Gasteiger charge is 2.46. The average Bonchev–Trinajstić information content (AvgIpc) is 3.13. The van der Waals surface area contributed by atoms with E-state index in [0.717, 1.165) is 0 Å². The number of nitrogens with one attached hydrogen (secondary N) is 1. The first-order chi connectivity index (χ1) is 10.9. The Morgan fingerprint density at radius 1 is 1.33 bits per heavy atom. The van der Waals surface area contributed by atoms with Crippen molar-refractivity contribution >= 4 is 22.0 Å². The van der Waals surface area contributed by atoms with Gasteiger partial charge >= 0.3 is 12.3 Å². The molecular weight excluding hydrogens is 393 g/mol. The van der Waals surface area contributed by atoms with Crippen molar-refractivity contribution in [3.05, 3.63) is 22.4 Å². The molecule has 0 atom stereocenters. The standard InChI is InChI=1S/C15H18BrF3N2O3/c1-13(2,3)24-12(22)21-14(6-7-14)8-23-9-4-5-10(16)20-11(9)15(17,18)19/h4-5H,6-8H2,1-3H3,(H,21,22). The van der Waals surface area contributed by atoms with Gasteiger partial charge in [0.1, 0.15) is 22.6 Å². The Labute approximate surface area is 146 Å². The number of nitrogens with zero attached hydrogens (tertiary/aromatic N) is 1. The highest BCUT2D eigenvalue weighted by Crippen LogP contribution is 2.39. The zero-order valence-electron chi connectivity index (χ0n) is 13.5. The van der Waals surface area contributed by atoms with E-state index in [-0.39, 0.29) is 17.0 Å². The molecule has 9 heteroatoms. The lowest BCUT2D eigenvalue weighted by Gasteiger charge is -2.24. The van der Waals surface area contributed by atoms with Crippen LogP contribution in [0, 0.1) is 0 Å². The van der Waals surface area contributed by atoms with E-state index < -0.39 is 29.1 Å². The van der Waals surface area contributed by atoms with Crippen molar-refractivity contribution in [2.24, 2.45) is 0 Å². The molecule has 0 bridgehead atoms. The lowest BCUT2D eigenvalue weighted by Crippen LogP contribution is -2.44. The molecule has 0 aromatic carbocycles. The normalized spacial score (nSPS) is 16.5. The molecule has 1 aromatic rings. The third-order valence-electron chi connectivity index (χ3n) is 3.22. The topological polar surface area (TPSA) is 60.5 Å². The largest absolute Gasteiger partial charge is 0.489 e. The Morgan fingerprint density at radius 3 is 2.46 bits per heavy atom. The number of hydrogen-bond donors (Lipinski definition) is 1. The van der Waals surface area contributed by atoms with E-state index in [0.29, 0.717) is 12.8 Å². The molecule has 0 spiro atoms. The molecule has 1 amide bonds. The molecule has 1 saturated carbocycles. The predicted octanol–water partition coefficient (Wildman–Crippen LogP) is 4.30. The number of hydrogen-bond acceptors (Lipinski definition) is 4. The van der Waals surface area contributed by atoms with Gasteiger partial charge in [-0.2, -0.15) is 13.2 Å². The number of carbonyl (C=O) groups excluding carboxylic acids is 1. The highest BCUT2D eigenvalue weighted by atomic mass is 79.9. The van der Waals surface area contributed by atoms with Gasteiger partial charge in [0, 0.05) is 0 Å². The van der Waals surface area contributed by atoms with Gasteiger partial charge in [0.25, 0.3) is 0 Å². The van der Waals surface area contributed by atoms with Gasteiger partial charge in [-0.15, -0.1) is 0 Å². The number of aromatic nitrogens is 1. The second-order valence-electron chi connectivity index (χ2n) is 6.67. The molecule has 134 valence electrons. The van der Waals surface area contributed by atoms with Gasteiger partial charge < -0.3 is 14.8 Å². The third-order valence-corrected chi connectivity index (χ3v) is 3.66. The Bertz CT molecular complexity index is 625. The van der Waals surface area contributed by atoms with Crippen molar-refractivity contribution in [1.82, 2.24) is 10.3 Å². The highest BCUT2D eigenvalue weighted by molar-refractivity contribution is 9.10. The second-order valence-corrected chi connectivity index (χ2v) is 7.49. The van der Waals surface area contributed by atoms with Crippen LogP contribution >= 0.6 is 15.9 Å². The molecule has 2 rings (SSSR count). The van der Waals surface area contributed by atoms with Gasteiger partial charge in [-0.25, -0.2) is 9.78 Å². The number of pyridine rings is 1. The van der Waals surface area contributed by atoms with E-state index in [4.69, 9.17) is 9.47 Å². The van der Waals surface area contributed by atoms with E-state index >= 15 is 0 Å². The summed E-state index contributed by atoms with van der Waals surface area (Å²) in [5, 5.41) is 2.67. The summed E-state index contributed by atoms with van der Waals surface area (Å²) in [4.78, 5) is 15.2. The summed E-state index contributed by atoms with van der Waals surface area (Å²) < 4.78 is 49.5. The molecule has 0 saturated heterocycles. The zero-order valence-corrected chi connectivity index (χ0v) is 15.0. The van der Waals surface area contributed by atoms with Gasteiger partial charge in [-0.3, -0.25) is 0 Å². The van der Waals surface area contributed by atoms with Gasteiger partial charge in [-0.05, 0) is 61.7 Å². The van der Waals surface area contributed by atoms with Gasteiger partial charge in [0.2, 0.25) is 0 Å². The maximum absolute atomic E-state index is 13.0. The summed E-state index contributed by atoms with van der Waals surface area (Å²) in [7, 11) is 0. The Morgan fingerprint density at radius 2 is 1.96 bits per heavy atom. The van der Waals surface area contributed by atoms with Gasteiger partial charge in [0.05, 0.1) is 5.54 Å². The number of amides is 1. The van der Waals surface area contributed by atoms with Crippen LogP contribution in [0.3, 0.4) is 0 Å². The summed E-state index contributed by atoms with van der Waals surface area (Å²) in [6.45, 7) is 5.10. The summed E-state index contributed by atoms with van der Waals surface area (Å²) in [5.41, 5.74) is -2.46. The molecule has 1 fully saturated rings. The quantitative estimate of drug-likeness (QED) is 0.751. The first-order valence-electron chi connectivity index (χ1n) is 7.28. The molecule has 0 unspecified atom stereocenters. The van der Waals surface area contributed by atoms with E-state index in [1.165, 1.54) is 12.1 Å². The summed E-state index contributed by atoms with van der Waals surface area (Å²) in [5.74, 6) is -0.372. The van der Waals surface area contributed by atoms with Crippen molar-refractivity contribution in [2.75, 3.05) is 6.61 Å². The lowest BCUT2D eigenvalue weighted by atomic mass is 10.2. The van der Waals surface area contributed by atoms with Crippen LogP contribution in [0.4, 0.5) is 18.0 Å². The molecule has 24 heavy (non-hydrogen) atoms. The fourth-order valence-corrected chi connectivity index (χ4v) is 2.24. The molecule has 0 aliphatic heterocycles. The lowest BCUT2D eigenvalue weighted by molar-refractivity contribution is -0.142. The molecule has 1 aromatic heterocycles. The number of rotatable bonds is 4. The summed E-state index contributed by atoms with van der Waals surface area (Å²) in [6, 6.07) is 2.56. The average molecular weight is 411 g/mol. The maximum atomic E-state index is 13.0. The molecule has 0 radical (unpaired) electrons. The van der Waals surface area contributed by atoms with Crippen LogP contribution in [0.15, 0.2) is 16.7 Å². The van der Waals surface area contributed by atoms with Gasteiger partial charge in [-0.1, -0.05) is 0 Å². The zero-order chi connectivity index (χ0) is 18.2. The molecular formula is C15H18BrF3N2O3. The monoisotopic (exact) mass is 410 g/mol. The number of ether oxygens (including phenoxy) is 2. The van der Waals surface area contributed by atoms with Crippen LogP contribution in [-0.2, 0) is 10.9 Å². The Balaban J connectivity index is 2.02. The smallest absolute Gasteiger partial charge is 0.437 e. The fourth-order valence-electron chi connectivity index (χ4n) is 1.93. The van der Waals surface area contributed by atoms with E-state index in [9.17, 15) is 18.0 Å². The first kappa shape index (κ1) is 18.8. The van der Waals surface area contributed by atoms with Crippen LogP contribution in [0.5, 0.6) is 5.75 Å². The van der Waals surface area contributed by atoms with E-state index in [2.05, 4.69) is 26.2 Å². The van der Waals surface area contributed by atoms with Crippen LogP contribution < -0.4 is 10.1 Å². The first-order valence-corrected chi connectivity index (χ1v) is 8.07. The van der Waals surface area contributed by atoms with Crippen molar-refractivity contribution in [3.8, 4) is 5.75 Å². The van der Waals surface area contributed by atoms with Crippen LogP contribution in [0.25, 0.3) is 0 Å². The number of halogens is 4. The Kier molecular flexibility index (Phi) is 5.03. The van der Waals surface area contributed by atoms with E-state index in [1.54, 1.807) is 20.8 Å². The van der Waals surface area contributed by atoms with Crippen LogP contribution in [0.1, 0.15) is 39.3 Å². The minimum atomic E-state index is -4.63. The number of carbonyl (C=O) groups is 1. The summed E-state index contributed by atoms with van der Waals surface area (Å²) in [6.07, 6.45) is -4.03. The molecule has 1 heterocycles. The molecule has 1 N–H and O–H groups in total. The van der Waals surface area contributed by atoms with Crippen molar-refractivity contribution in [1.29, 1.82) is 0 Å². The number of alkyl carbamates (subject to hydrolysis) is 1. The number of alkyl halides is 3. The van der Waals surface area contributed by atoms with Gasteiger partial charge in [0.15, 0.2) is 5.69 Å². The minimum Gasteiger partial charge on any atom is -0.489 e. The fraction of sp³-hybridized carbons (Fsp3) is 0.600. The molecule has 5 nitrogen and oxygen atoms in total. The van der Waals surface area contributed by atoms with Crippen LogP contribution in [0.2, 0.25) is 0 Å². The van der Waals surface area contributed by atoms with Crippen molar-refractivity contribution in [2.45, 2.75) is 50.9 Å². The SMILES string of the molecule is CC(C)(C)OC(=O)NC1(COc2ccc(Br)nc2C(F)(F)F)CC1. The predicted molar refractivity (Wildman–Crippen MR) is 83.8 cm³/mol. The van der Waals surface area contributed by atoms with Crippen molar-refractivity contribution in [3.63, 3.8) is 0 Å². The van der Waals surface area contributed by atoms with Crippen molar-refractivity contribution < 1.29 is 27.4 Å². The summed E-state index contributed by atoms with van der Waals surface area (Å²) >= 11 is 2.91. The minimum absolute atomic E-state index is 0.0650. The van der Waals surface area contributed by atoms with Crippen LogP contribution in [-0.4, -0.2) is 28.8 Å². The molecule has 1 aliphatic rings. The Hall–Kier alpha value is -1.51. The third kappa shape index (κ3) is 5.25. The molecule has 1 aliphatic carbocycles.